The summed E-state index contributed by atoms with van der Waals surface area (Å²) >= 11 is 0. The van der Waals surface area contributed by atoms with Gasteiger partial charge < -0.3 is 15.3 Å². The molecule has 1 aromatic rings. The number of carboxylic acid groups (broad SMARTS) is 1. The smallest absolute Gasteiger partial charge is 0.323 e. The number of hydrogen-bond acceptors (Lipinski definition) is 3. The van der Waals surface area contributed by atoms with Crippen molar-refractivity contribution in [3.63, 3.8) is 0 Å². The van der Waals surface area contributed by atoms with Crippen LogP contribution < -0.4 is 5.32 Å². The molecule has 2 N–H and O–H groups in total. The van der Waals surface area contributed by atoms with Gasteiger partial charge in [0.15, 0.2) is 0 Å². The van der Waals surface area contributed by atoms with Gasteiger partial charge in [0.05, 0.1) is 17.9 Å². The predicted octanol–water partition coefficient (Wildman–Crippen LogP) is 0.534. The Kier molecular flexibility index (Phi) is 4.94. The van der Waals surface area contributed by atoms with E-state index >= 15 is 0 Å². The summed E-state index contributed by atoms with van der Waals surface area (Å²) < 4.78 is 1.58. The summed E-state index contributed by atoms with van der Waals surface area (Å²) in [5.74, 6) is 1.14. The van der Waals surface area contributed by atoms with E-state index in [0.717, 1.165) is 10.6 Å². The molecule has 1 rings (SSSR count). The quantitative estimate of drug-likeness (QED) is 0.760. The van der Waals surface area contributed by atoms with Gasteiger partial charge in [0.2, 0.25) is 0 Å². The van der Waals surface area contributed by atoms with Crippen molar-refractivity contribution in [2.24, 2.45) is 7.05 Å². The molecule has 0 radical (unpaired) electrons. The molecule has 7 nitrogen and oxygen atoms in total. The molecule has 0 unspecified atom stereocenters. The van der Waals surface area contributed by atoms with Crippen LogP contribution in [0.3, 0.4) is 0 Å². The molecule has 0 saturated heterocycles. The van der Waals surface area contributed by atoms with Gasteiger partial charge in [0.25, 0.3) is 0 Å². The number of carbonyl (C=O) groups excluding carboxylic acids is 1. The molecule has 0 aliphatic carbocycles. The molecule has 0 bridgehead atoms. The maximum atomic E-state index is 11.9. The molecule has 0 aromatic carbocycles. The van der Waals surface area contributed by atoms with Crippen molar-refractivity contribution < 1.29 is 14.7 Å². The number of urea groups is 1. The van der Waals surface area contributed by atoms with E-state index in [2.05, 4.69) is 16.3 Å². The Hall–Kier alpha value is -2.49. The summed E-state index contributed by atoms with van der Waals surface area (Å²) in [4.78, 5) is 23.6. The first kappa shape index (κ1) is 14.6. The van der Waals surface area contributed by atoms with Crippen molar-refractivity contribution in [3.05, 3.63) is 11.9 Å². The Labute approximate surface area is 111 Å². The van der Waals surface area contributed by atoms with E-state index in [4.69, 9.17) is 11.5 Å². The number of nitrogens with zero attached hydrogens (tertiary/aromatic N) is 3. The van der Waals surface area contributed by atoms with Crippen LogP contribution in [0.5, 0.6) is 0 Å². The molecule has 0 fully saturated rings. The van der Waals surface area contributed by atoms with Crippen LogP contribution in [0.25, 0.3) is 0 Å². The Morgan fingerprint density at radius 1 is 1.63 bits per heavy atom. The lowest BCUT2D eigenvalue weighted by atomic mass is 10.3. The molecule has 19 heavy (non-hydrogen) atoms. The van der Waals surface area contributed by atoms with Gasteiger partial charge in [-0.25, -0.2) is 4.79 Å². The molecule has 1 aromatic heterocycles. The monoisotopic (exact) mass is 264 g/mol. The number of aliphatic carboxylic acids is 1. The Morgan fingerprint density at radius 3 is 2.84 bits per heavy atom. The van der Waals surface area contributed by atoms with E-state index in [1.807, 2.05) is 6.92 Å². The van der Waals surface area contributed by atoms with Gasteiger partial charge in [0, 0.05) is 13.2 Å². The van der Waals surface area contributed by atoms with Crippen molar-refractivity contribution in [2.45, 2.75) is 13.3 Å². The van der Waals surface area contributed by atoms with Crippen molar-refractivity contribution in [2.75, 3.05) is 18.4 Å². The average molecular weight is 264 g/mol. The molecule has 0 saturated carbocycles. The fourth-order valence-electron chi connectivity index (χ4n) is 1.57. The minimum absolute atomic E-state index is 0.0696. The van der Waals surface area contributed by atoms with Crippen molar-refractivity contribution in [1.29, 1.82) is 0 Å². The topological polar surface area (TPSA) is 87.5 Å². The molecule has 0 spiro atoms. The van der Waals surface area contributed by atoms with E-state index in [-0.39, 0.29) is 6.54 Å². The Balaban J connectivity index is 2.80. The van der Waals surface area contributed by atoms with E-state index in [1.165, 1.54) is 0 Å². The summed E-state index contributed by atoms with van der Waals surface area (Å²) in [5, 5.41) is 15.5. The first-order valence-corrected chi connectivity index (χ1v) is 5.71. The van der Waals surface area contributed by atoms with E-state index < -0.39 is 18.5 Å². The molecule has 0 aliphatic heterocycles. The zero-order valence-electron chi connectivity index (χ0n) is 10.9. The Morgan fingerprint density at radius 2 is 2.32 bits per heavy atom. The number of hydrogen-bond donors (Lipinski definition) is 2. The van der Waals surface area contributed by atoms with Gasteiger partial charge in [-0.2, -0.15) is 5.10 Å². The number of anilines is 1. The second kappa shape index (κ2) is 6.44. The second-order valence-corrected chi connectivity index (χ2v) is 3.90. The molecule has 0 aliphatic rings. The maximum absolute atomic E-state index is 11.9. The van der Waals surface area contributed by atoms with Gasteiger partial charge in [0.1, 0.15) is 6.54 Å². The van der Waals surface area contributed by atoms with Crippen LogP contribution in [-0.2, 0) is 18.3 Å². The number of nitrogens with one attached hydrogen (secondary N) is 1. The number of aryl methyl sites for hydroxylation is 2. The number of carboxylic acids is 1. The first-order chi connectivity index (χ1) is 8.97. The number of terminal acetylenes is 1. The zero-order valence-corrected chi connectivity index (χ0v) is 10.9. The standard InChI is InChI=1S/C12H16N4O3/c1-4-6-16(8-11(17)18)12(19)13-10-7-15(3)14-9(10)5-2/h1,7H,5-6,8H2,2-3H3,(H,13,19)(H,17,18). The van der Waals surface area contributed by atoms with Crippen LogP contribution >= 0.6 is 0 Å². The number of aromatic nitrogens is 2. The SMILES string of the molecule is C#CCN(CC(=O)O)C(=O)Nc1cn(C)nc1CC. The highest BCUT2D eigenvalue weighted by Gasteiger charge is 2.17. The van der Waals surface area contributed by atoms with Gasteiger partial charge in [-0.1, -0.05) is 12.8 Å². The van der Waals surface area contributed by atoms with Gasteiger partial charge >= 0.3 is 12.0 Å². The van der Waals surface area contributed by atoms with Gasteiger partial charge in [-0.15, -0.1) is 6.42 Å². The lowest BCUT2D eigenvalue weighted by molar-refractivity contribution is -0.137. The van der Waals surface area contributed by atoms with Gasteiger partial charge in [-0.05, 0) is 6.42 Å². The molecule has 0 atom stereocenters. The lowest BCUT2D eigenvalue weighted by Gasteiger charge is -2.18. The molecular weight excluding hydrogens is 248 g/mol. The summed E-state index contributed by atoms with van der Waals surface area (Å²) in [5.41, 5.74) is 1.29. The minimum Gasteiger partial charge on any atom is -0.480 e. The molecule has 102 valence electrons. The fraction of sp³-hybridized carbons (Fsp3) is 0.417. The highest BCUT2D eigenvalue weighted by Crippen LogP contribution is 2.14. The van der Waals surface area contributed by atoms with Crippen LogP contribution in [-0.4, -0.2) is 44.9 Å². The van der Waals surface area contributed by atoms with Crippen LogP contribution in [0.1, 0.15) is 12.6 Å². The number of amides is 2. The third kappa shape index (κ3) is 4.03. The first-order valence-electron chi connectivity index (χ1n) is 5.71. The predicted molar refractivity (Wildman–Crippen MR) is 69.6 cm³/mol. The third-order valence-electron chi connectivity index (χ3n) is 2.38. The maximum Gasteiger partial charge on any atom is 0.323 e. The van der Waals surface area contributed by atoms with Gasteiger partial charge in [-0.3, -0.25) is 9.48 Å². The lowest BCUT2D eigenvalue weighted by Crippen LogP contribution is -2.39. The van der Waals surface area contributed by atoms with E-state index in [0.29, 0.717) is 12.1 Å². The third-order valence-corrected chi connectivity index (χ3v) is 2.38. The largest absolute Gasteiger partial charge is 0.480 e. The van der Waals surface area contributed by atoms with Crippen LogP contribution in [0.2, 0.25) is 0 Å². The second-order valence-electron chi connectivity index (χ2n) is 3.90. The summed E-state index contributed by atoms with van der Waals surface area (Å²) in [6.07, 6.45) is 7.43. The summed E-state index contributed by atoms with van der Waals surface area (Å²) in [6, 6.07) is -0.553. The van der Waals surface area contributed by atoms with Crippen molar-refractivity contribution in [1.82, 2.24) is 14.7 Å². The summed E-state index contributed by atoms with van der Waals surface area (Å²) in [6.45, 7) is 1.39. The number of rotatable bonds is 5. The zero-order chi connectivity index (χ0) is 14.4. The molecule has 7 heteroatoms. The average Bonchev–Trinajstić information content (AvgIpc) is 2.68. The highest BCUT2D eigenvalue weighted by molar-refractivity contribution is 5.91. The van der Waals surface area contributed by atoms with Crippen LogP contribution in [0.4, 0.5) is 10.5 Å². The molecule has 1 heterocycles. The Bertz CT molecular complexity index is 516. The van der Waals surface area contributed by atoms with E-state index in [9.17, 15) is 9.59 Å². The summed E-state index contributed by atoms with van der Waals surface area (Å²) in [7, 11) is 1.74. The fourth-order valence-corrected chi connectivity index (χ4v) is 1.57. The minimum atomic E-state index is -1.12. The van der Waals surface area contributed by atoms with Crippen molar-refractivity contribution in [3.8, 4) is 12.3 Å². The van der Waals surface area contributed by atoms with Crippen LogP contribution in [0.15, 0.2) is 6.20 Å². The highest BCUT2D eigenvalue weighted by atomic mass is 16.4. The number of carbonyl (C=O) groups is 2. The van der Waals surface area contributed by atoms with Crippen LogP contribution in [0, 0.1) is 12.3 Å². The van der Waals surface area contributed by atoms with Crippen molar-refractivity contribution >= 4 is 17.7 Å². The normalized spacial score (nSPS) is 9.74. The molecular formula is C12H16N4O3. The van der Waals surface area contributed by atoms with E-state index in [1.54, 1.807) is 17.9 Å². The molecule has 2 amide bonds.